The molecule has 0 bridgehead atoms. The van der Waals surface area contributed by atoms with Crippen molar-refractivity contribution in [2.75, 3.05) is 0 Å². The number of aromatic nitrogens is 1. The van der Waals surface area contributed by atoms with Crippen molar-refractivity contribution in [2.24, 2.45) is 4.99 Å². The number of pyridine rings is 1. The fourth-order valence-electron chi connectivity index (χ4n) is 3.52. The first-order valence-electron chi connectivity index (χ1n) is 10.1. The monoisotopic (exact) mass is 439 g/mol. The lowest BCUT2D eigenvalue weighted by molar-refractivity contribution is 0.0951. The zero-order valence-corrected chi connectivity index (χ0v) is 17.8. The van der Waals surface area contributed by atoms with Gasteiger partial charge >= 0.3 is 0 Å². The molecule has 1 N–H and O–H groups in total. The quantitative estimate of drug-likeness (QED) is 0.386. The van der Waals surface area contributed by atoms with Crippen molar-refractivity contribution in [3.63, 3.8) is 0 Å². The van der Waals surface area contributed by atoms with Gasteiger partial charge in [-0.15, -0.1) is 0 Å². The van der Waals surface area contributed by atoms with Gasteiger partial charge in [0.2, 0.25) is 0 Å². The molecule has 0 spiro atoms. The van der Waals surface area contributed by atoms with E-state index in [9.17, 15) is 9.18 Å². The lowest BCUT2D eigenvalue weighted by Gasteiger charge is -2.09. The van der Waals surface area contributed by atoms with E-state index in [2.05, 4.69) is 10.3 Å². The maximum absolute atomic E-state index is 14.0. The normalized spacial score (nSPS) is 12.2. The van der Waals surface area contributed by atoms with E-state index >= 15 is 0 Å². The summed E-state index contributed by atoms with van der Waals surface area (Å²) in [5.74, 6) is -0.497. The standard InChI is InChI=1S/C26H18FN3OS/c27-20-5-3-4-18(14-20)25-21-6-1-2-7-23(21)32-24-9-8-19(15-22(24)30-25)26(31)29-16-17-10-12-28-13-11-17/h1-15H,16H2,(H,29,31). The minimum atomic E-state index is -0.316. The van der Waals surface area contributed by atoms with Crippen LogP contribution in [0.25, 0.3) is 0 Å². The zero-order chi connectivity index (χ0) is 21.9. The Morgan fingerprint density at radius 2 is 1.75 bits per heavy atom. The molecule has 5 rings (SSSR count). The minimum absolute atomic E-state index is 0.182. The maximum atomic E-state index is 14.0. The van der Waals surface area contributed by atoms with E-state index in [4.69, 9.17) is 4.99 Å². The van der Waals surface area contributed by atoms with E-state index in [1.165, 1.54) is 12.1 Å². The van der Waals surface area contributed by atoms with Crippen LogP contribution in [0.3, 0.4) is 0 Å². The highest BCUT2D eigenvalue weighted by molar-refractivity contribution is 7.99. The molecule has 1 aliphatic rings. The second-order valence-electron chi connectivity index (χ2n) is 7.29. The number of aliphatic imine (C=N–C) groups is 1. The van der Waals surface area contributed by atoms with Gasteiger partial charge < -0.3 is 5.32 Å². The number of carbonyl (C=O) groups is 1. The highest BCUT2D eigenvalue weighted by atomic mass is 32.2. The zero-order valence-electron chi connectivity index (χ0n) is 17.0. The molecule has 0 unspecified atom stereocenters. The first-order valence-corrected chi connectivity index (χ1v) is 10.9. The lowest BCUT2D eigenvalue weighted by atomic mass is 10.0. The predicted octanol–water partition coefficient (Wildman–Crippen LogP) is 5.78. The number of fused-ring (bicyclic) bond motifs is 2. The minimum Gasteiger partial charge on any atom is -0.348 e. The Kier molecular flexibility index (Phi) is 5.52. The fourth-order valence-corrected chi connectivity index (χ4v) is 4.53. The Hall–Kier alpha value is -3.77. The van der Waals surface area contributed by atoms with Gasteiger partial charge in [-0.2, -0.15) is 0 Å². The summed E-state index contributed by atoms with van der Waals surface area (Å²) in [5, 5.41) is 2.93. The number of carbonyl (C=O) groups excluding carboxylic acids is 1. The number of amides is 1. The van der Waals surface area contributed by atoms with Gasteiger partial charge in [-0.1, -0.05) is 42.1 Å². The van der Waals surface area contributed by atoms with Gasteiger partial charge in [0.25, 0.3) is 5.91 Å². The van der Waals surface area contributed by atoms with Crippen LogP contribution in [0.5, 0.6) is 0 Å². The van der Waals surface area contributed by atoms with E-state index in [0.717, 1.165) is 20.9 Å². The number of benzene rings is 3. The van der Waals surface area contributed by atoms with Crippen molar-refractivity contribution in [1.29, 1.82) is 0 Å². The third-order valence-electron chi connectivity index (χ3n) is 5.12. The lowest BCUT2D eigenvalue weighted by Crippen LogP contribution is -2.22. The average Bonchev–Trinajstić information content (AvgIpc) is 2.99. The molecule has 0 saturated carbocycles. The molecule has 6 heteroatoms. The van der Waals surface area contributed by atoms with Gasteiger partial charge in [-0.05, 0) is 54.1 Å². The van der Waals surface area contributed by atoms with Crippen molar-refractivity contribution >= 4 is 29.1 Å². The highest BCUT2D eigenvalue weighted by Gasteiger charge is 2.20. The largest absolute Gasteiger partial charge is 0.348 e. The Bertz CT molecular complexity index is 1340. The molecule has 0 radical (unpaired) electrons. The first kappa shape index (κ1) is 20.2. The average molecular weight is 440 g/mol. The second-order valence-corrected chi connectivity index (χ2v) is 8.37. The topological polar surface area (TPSA) is 54.4 Å². The molecule has 0 fully saturated rings. The number of hydrogen-bond acceptors (Lipinski definition) is 4. The summed E-state index contributed by atoms with van der Waals surface area (Å²) in [7, 11) is 0. The molecule has 0 saturated heterocycles. The molecule has 4 nitrogen and oxygen atoms in total. The third-order valence-corrected chi connectivity index (χ3v) is 6.26. The number of rotatable bonds is 4. The number of halogens is 1. The molecule has 0 aliphatic carbocycles. The maximum Gasteiger partial charge on any atom is 0.251 e. The number of hydrogen-bond donors (Lipinski definition) is 1. The summed E-state index contributed by atoms with van der Waals surface area (Å²) >= 11 is 1.59. The molecular weight excluding hydrogens is 421 g/mol. The second kappa shape index (κ2) is 8.77. The SMILES string of the molecule is O=C(NCc1ccncc1)c1ccc2c(c1)N=C(c1cccc(F)c1)c1ccccc1S2. The van der Waals surface area contributed by atoms with Crippen LogP contribution in [-0.2, 0) is 6.54 Å². The van der Waals surface area contributed by atoms with Crippen molar-refractivity contribution in [2.45, 2.75) is 16.3 Å². The van der Waals surface area contributed by atoms with E-state index in [1.807, 2.05) is 48.5 Å². The summed E-state index contributed by atoms with van der Waals surface area (Å²) < 4.78 is 14.0. The van der Waals surface area contributed by atoms with Gasteiger partial charge in [0.05, 0.1) is 11.4 Å². The van der Waals surface area contributed by atoms with Gasteiger partial charge in [-0.3, -0.25) is 9.78 Å². The van der Waals surface area contributed by atoms with Crippen LogP contribution in [0.4, 0.5) is 10.1 Å². The first-order chi connectivity index (χ1) is 15.7. The van der Waals surface area contributed by atoms with Crippen molar-refractivity contribution in [3.8, 4) is 0 Å². The third kappa shape index (κ3) is 4.18. The molecule has 32 heavy (non-hydrogen) atoms. The molecule has 4 aromatic rings. The van der Waals surface area contributed by atoms with Crippen LogP contribution in [0.2, 0.25) is 0 Å². The molecular formula is C26H18FN3OS. The van der Waals surface area contributed by atoms with Crippen molar-refractivity contribution in [3.05, 3.63) is 119 Å². The van der Waals surface area contributed by atoms with Crippen LogP contribution < -0.4 is 5.32 Å². The Morgan fingerprint density at radius 1 is 0.906 bits per heavy atom. The molecule has 0 atom stereocenters. The Labute approximate surface area is 189 Å². The molecule has 1 amide bonds. The predicted molar refractivity (Wildman–Crippen MR) is 124 cm³/mol. The van der Waals surface area contributed by atoms with E-state index in [-0.39, 0.29) is 11.7 Å². The number of nitrogens with zero attached hydrogens (tertiary/aromatic N) is 2. The van der Waals surface area contributed by atoms with Gasteiger partial charge in [0.15, 0.2) is 0 Å². The summed E-state index contributed by atoms with van der Waals surface area (Å²) in [6.07, 6.45) is 3.39. The molecule has 2 heterocycles. The van der Waals surface area contributed by atoms with Crippen molar-refractivity contribution in [1.82, 2.24) is 10.3 Å². The molecule has 3 aromatic carbocycles. The summed E-state index contributed by atoms with van der Waals surface area (Å²) in [5.41, 5.74) is 4.48. The van der Waals surface area contributed by atoms with Gasteiger partial charge in [0.1, 0.15) is 5.82 Å². The Balaban J connectivity index is 1.52. The van der Waals surface area contributed by atoms with Crippen LogP contribution in [0.15, 0.2) is 106 Å². The highest BCUT2D eigenvalue weighted by Crippen LogP contribution is 2.41. The Morgan fingerprint density at radius 3 is 2.59 bits per heavy atom. The molecule has 1 aromatic heterocycles. The van der Waals surface area contributed by atoms with Gasteiger partial charge in [-0.25, -0.2) is 9.38 Å². The van der Waals surface area contributed by atoms with Crippen LogP contribution >= 0.6 is 11.8 Å². The fraction of sp³-hybridized carbons (Fsp3) is 0.0385. The van der Waals surface area contributed by atoms with E-state index in [0.29, 0.717) is 29.1 Å². The summed E-state index contributed by atoms with van der Waals surface area (Å²) in [6.45, 7) is 0.413. The molecule has 1 aliphatic heterocycles. The van der Waals surface area contributed by atoms with E-state index in [1.54, 1.807) is 42.4 Å². The smallest absolute Gasteiger partial charge is 0.251 e. The van der Waals surface area contributed by atoms with Crippen LogP contribution in [-0.4, -0.2) is 16.6 Å². The van der Waals surface area contributed by atoms with Crippen molar-refractivity contribution < 1.29 is 9.18 Å². The molecule has 156 valence electrons. The van der Waals surface area contributed by atoms with Gasteiger partial charge in [0, 0.05) is 45.4 Å². The number of nitrogens with one attached hydrogen (secondary N) is 1. The summed E-state index contributed by atoms with van der Waals surface area (Å²) in [4.78, 5) is 23.6. The van der Waals surface area contributed by atoms with E-state index < -0.39 is 0 Å². The van der Waals surface area contributed by atoms with Crippen LogP contribution in [0, 0.1) is 5.82 Å². The summed E-state index contributed by atoms with van der Waals surface area (Å²) in [6, 6.07) is 23.6. The van der Waals surface area contributed by atoms with Crippen LogP contribution in [0.1, 0.15) is 27.0 Å².